The van der Waals surface area contributed by atoms with Gasteiger partial charge in [0.05, 0.1) is 5.02 Å². The Morgan fingerprint density at radius 1 is 1.33 bits per heavy atom. The second kappa shape index (κ2) is 6.14. The van der Waals surface area contributed by atoms with E-state index in [9.17, 15) is 0 Å². The molecule has 100 valence electrons. The first-order valence-electron chi connectivity index (χ1n) is 6.42. The van der Waals surface area contributed by atoms with Crippen molar-refractivity contribution in [2.24, 2.45) is 17.6 Å². The fourth-order valence-corrected chi connectivity index (χ4v) is 2.86. The van der Waals surface area contributed by atoms with E-state index >= 15 is 0 Å². The Morgan fingerprint density at radius 3 is 2.83 bits per heavy atom. The maximum Gasteiger partial charge on any atom is 0.139 e. The van der Waals surface area contributed by atoms with E-state index in [1.54, 1.807) is 18.2 Å². The summed E-state index contributed by atoms with van der Waals surface area (Å²) < 4.78 is 6.04. The topological polar surface area (TPSA) is 35.2 Å². The molecule has 0 bridgehead atoms. The number of rotatable bonds is 3. The molecule has 1 aliphatic carbocycles. The van der Waals surface area contributed by atoms with Gasteiger partial charge in [-0.2, -0.15) is 0 Å². The van der Waals surface area contributed by atoms with Gasteiger partial charge in [-0.25, -0.2) is 0 Å². The van der Waals surface area contributed by atoms with Crippen molar-refractivity contribution in [3.8, 4) is 5.75 Å². The molecule has 0 heterocycles. The fourth-order valence-electron chi connectivity index (χ4n) is 2.54. The van der Waals surface area contributed by atoms with Crippen LogP contribution in [0, 0.1) is 11.8 Å². The van der Waals surface area contributed by atoms with Crippen LogP contribution >= 0.6 is 23.2 Å². The molecule has 1 aromatic carbocycles. The minimum Gasteiger partial charge on any atom is -0.488 e. The van der Waals surface area contributed by atoms with Gasteiger partial charge in [-0.05, 0) is 37.4 Å². The zero-order chi connectivity index (χ0) is 13.1. The maximum absolute atomic E-state index is 6.13. The third-order valence-corrected chi connectivity index (χ3v) is 4.21. The molecule has 1 aromatic rings. The first-order chi connectivity index (χ1) is 8.60. The van der Waals surface area contributed by atoms with Crippen LogP contribution in [-0.4, -0.2) is 12.6 Å². The van der Waals surface area contributed by atoms with Crippen molar-refractivity contribution in [3.05, 3.63) is 28.2 Å². The van der Waals surface area contributed by atoms with Crippen molar-refractivity contribution >= 4 is 23.2 Å². The standard InChI is InChI=1S/C14H19Cl2NO/c1-9-2-3-10(8-17)13(6-9)18-14-7-11(15)4-5-12(14)16/h4-5,7,9-10,13H,2-3,6,8,17H2,1H3. The fraction of sp³-hybridized carbons (Fsp3) is 0.571. The Hall–Kier alpha value is -0.440. The van der Waals surface area contributed by atoms with Crippen molar-refractivity contribution in [2.75, 3.05) is 6.54 Å². The first kappa shape index (κ1) is 14.0. The second-order valence-electron chi connectivity index (χ2n) is 5.15. The highest BCUT2D eigenvalue weighted by atomic mass is 35.5. The summed E-state index contributed by atoms with van der Waals surface area (Å²) in [6, 6.07) is 5.31. The molecule has 1 fully saturated rings. The summed E-state index contributed by atoms with van der Waals surface area (Å²) in [5, 5.41) is 1.25. The van der Waals surface area contributed by atoms with E-state index in [2.05, 4.69) is 6.92 Å². The van der Waals surface area contributed by atoms with E-state index in [-0.39, 0.29) is 6.10 Å². The molecule has 1 aliphatic rings. The van der Waals surface area contributed by atoms with Gasteiger partial charge in [0.25, 0.3) is 0 Å². The number of benzene rings is 1. The Morgan fingerprint density at radius 2 is 2.11 bits per heavy atom. The Labute approximate surface area is 118 Å². The molecule has 2 rings (SSSR count). The summed E-state index contributed by atoms with van der Waals surface area (Å²) in [6.45, 7) is 2.91. The third-order valence-electron chi connectivity index (χ3n) is 3.67. The molecule has 3 atom stereocenters. The van der Waals surface area contributed by atoms with E-state index in [4.69, 9.17) is 33.7 Å². The van der Waals surface area contributed by atoms with Gasteiger partial charge in [0.2, 0.25) is 0 Å². The minimum absolute atomic E-state index is 0.148. The minimum atomic E-state index is 0.148. The van der Waals surface area contributed by atoms with E-state index in [1.165, 1.54) is 6.42 Å². The molecular formula is C14H19Cl2NO. The van der Waals surface area contributed by atoms with Crippen LogP contribution in [0.2, 0.25) is 10.0 Å². The molecule has 2 nitrogen and oxygen atoms in total. The van der Waals surface area contributed by atoms with Gasteiger partial charge in [0, 0.05) is 17.0 Å². The van der Waals surface area contributed by atoms with E-state index in [0.717, 1.165) is 12.8 Å². The van der Waals surface area contributed by atoms with Crippen LogP contribution in [0.3, 0.4) is 0 Å². The Kier molecular flexibility index (Phi) is 4.77. The normalized spacial score (nSPS) is 28.1. The zero-order valence-electron chi connectivity index (χ0n) is 10.5. The summed E-state index contributed by atoms with van der Waals surface area (Å²) in [4.78, 5) is 0. The lowest BCUT2D eigenvalue weighted by Crippen LogP contribution is -2.37. The van der Waals surface area contributed by atoms with Gasteiger partial charge in [0.1, 0.15) is 11.9 Å². The van der Waals surface area contributed by atoms with Gasteiger partial charge in [-0.3, -0.25) is 0 Å². The van der Waals surface area contributed by atoms with Crippen molar-refractivity contribution < 1.29 is 4.74 Å². The molecule has 18 heavy (non-hydrogen) atoms. The zero-order valence-corrected chi connectivity index (χ0v) is 12.0. The number of halogens is 2. The van der Waals surface area contributed by atoms with Crippen molar-refractivity contribution in [3.63, 3.8) is 0 Å². The first-order valence-corrected chi connectivity index (χ1v) is 7.17. The number of nitrogens with two attached hydrogens (primary N) is 1. The van der Waals surface area contributed by atoms with Crippen LogP contribution in [0.25, 0.3) is 0 Å². The predicted molar refractivity (Wildman–Crippen MR) is 76.4 cm³/mol. The molecule has 0 aromatic heterocycles. The van der Waals surface area contributed by atoms with Crippen molar-refractivity contribution in [1.29, 1.82) is 0 Å². The average Bonchev–Trinajstić information content (AvgIpc) is 2.34. The van der Waals surface area contributed by atoms with Gasteiger partial charge < -0.3 is 10.5 Å². The number of ether oxygens (including phenoxy) is 1. The van der Waals surface area contributed by atoms with Crippen molar-refractivity contribution in [1.82, 2.24) is 0 Å². The summed E-state index contributed by atoms with van der Waals surface area (Å²) in [6.07, 6.45) is 3.53. The summed E-state index contributed by atoms with van der Waals surface area (Å²) in [7, 11) is 0. The quantitative estimate of drug-likeness (QED) is 0.907. The molecule has 0 amide bonds. The van der Waals surface area contributed by atoms with Gasteiger partial charge in [0.15, 0.2) is 0 Å². The Bertz CT molecular complexity index is 411. The van der Waals surface area contributed by atoms with Crippen LogP contribution in [0.4, 0.5) is 0 Å². The van der Waals surface area contributed by atoms with Gasteiger partial charge in [-0.1, -0.05) is 36.5 Å². The smallest absolute Gasteiger partial charge is 0.139 e. The number of hydrogen-bond acceptors (Lipinski definition) is 2. The van der Waals surface area contributed by atoms with Crippen LogP contribution in [0.5, 0.6) is 5.75 Å². The highest BCUT2D eigenvalue weighted by molar-refractivity contribution is 6.34. The second-order valence-corrected chi connectivity index (χ2v) is 5.99. The molecule has 0 radical (unpaired) electrons. The van der Waals surface area contributed by atoms with Crippen LogP contribution in [0.1, 0.15) is 26.2 Å². The van der Waals surface area contributed by atoms with Gasteiger partial charge in [-0.15, -0.1) is 0 Å². The van der Waals surface area contributed by atoms with Crippen LogP contribution in [-0.2, 0) is 0 Å². The molecular weight excluding hydrogens is 269 g/mol. The monoisotopic (exact) mass is 287 g/mol. The highest BCUT2D eigenvalue weighted by Gasteiger charge is 2.29. The van der Waals surface area contributed by atoms with Crippen LogP contribution < -0.4 is 10.5 Å². The van der Waals surface area contributed by atoms with Crippen molar-refractivity contribution in [2.45, 2.75) is 32.3 Å². The molecule has 3 unspecified atom stereocenters. The lowest BCUT2D eigenvalue weighted by Gasteiger charge is -2.34. The largest absolute Gasteiger partial charge is 0.488 e. The van der Waals surface area contributed by atoms with Crippen LogP contribution in [0.15, 0.2) is 18.2 Å². The number of hydrogen-bond donors (Lipinski definition) is 1. The third kappa shape index (κ3) is 3.31. The molecule has 2 N–H and O–H groups in total. The predicted octanol–water partition coefficient (Wildman–Crippen LogP) is 4.14. The molecule has 0 saturated heterocycles. The highest BCUT2D eigenvalue weighted by Crippen LogP contribution is 2.35. The lowest BCUT2D eigenvalue weighted by atomic mass is 9.80. The van der Waals surface area contributed by atoms with E-state index < -0.39 is 0 Å². The SMILES string of the molecule is CC1CCC(CN)C(Oc2cc(Cl)ccc2Cl)C1. The van der Waals surface area contributed by atoms with E-state index in [0.29, 0.717) is 34.2 Å². The Balaban J connectivity index is 2.12. The average molecular weight is 288 g/mol. The summed E-state index contributed by atoms with van der Waals surface area (Å²) in [5.74, 6) is 1.76. The summed E-state index contributed by atoms with van der Waals surface area (Å²) in [5.41, 5.74) is 5.82. The molecule has 0 spiro atoms. The molecule has 0 aliphatic heterocycles. The molecule has 4 heteroatoms. The van der Waals surface area contributed by atoms with E-state index in [1.807, 2.05) is 0 Å². The van der Waals surface area contributed by atoms with Gasteiger partial charge >= 0.3 is 0 Å². The lowest BCUT2D eigenvalue weighted by molar-refractivity contribution is 0.0743. The maximum atomic E-state index is 6.13. The summed E-state index contributed by atoms with van der Waals surface area (Å²) >= 11 is 12.1. The molecule has 1 saturated carbocycles.